The van der Waals surface area contributed by atoms with E-state index in [2.05, 4.69) is 20.7 Å². The van der Waals surface area contributed by atoms with Crippen LogP contribution in [-0.4, -0.2) is 15.9 Å². The highest BCUT2D eigenvalue weighted by Gasteiger charge is 2.08. The third-order valence-corrected chi connectivity index (χ3v) is 2.29. The number of hydrogen-bond acceptors (Lipinski definition) is 5. The maximum atomic E-state index is 11.9. The lowest BCUT2D eigenvalue weighted by atomic mass is 10.3. The largest absolute Gasteiger partial charge is 0.324 e. The molecule has 0 aromatic carbocycles. The van der Waals surface area contributed by atoms with Crippen molar-refractivity contribution in [2.75, 3.05) is 10.7 Å². The molecule has 0 fully saturated rings. The smallest absolute Gasteiger partial charge is 0.275 e. The first-order chi connectivity index (χ1) is 8.69. The van der Waals surface area contributed by atoms with E-state index in [9.17, 15) is 4.79 Å². The molecule has 0 spiro atoms. The van der Waals surface area contributed by atoms with Crippen molar-refractivity contribution in [2.24, 2.45) is 5.84 Å². The molecule has 1 amide bonds. The van der Waals surface area contributed by atoms with Crippen LogP contribution in [0.4, 0.5) is 11.5 Å². The number of nitrogens with one attached hydrogen (secondary N) is 2. The van der Waals surface area contributed by atoms with E-state index < -0.39 is 0 Å². The summed E-state index contributed by atoms with van der Waals surface area (Å²) in [5, 5.41) is 2.67. The zero-order chi connectivity index (χ0) is 13.0. The average Bonchev–Trinajstić information content (AvgIpc) is 2.39. The number of carbonyl (C=O) groups excluding carboxylic acids is 1. The van der Waals surface area contributed by atoms with Crippen LogP contribution in [0.3, 0.4) is 0 Å². The van der Waals surface area contributed by atoms with E-state index in [0.717, 1.165) is 5.69 Å². The van der Waals surface area contributed by atoms with Crippen LogP contribution in [-0.2, 0) is 0 Å². The number of pyridine rings is 2. The Kier molecular flexibility index (Phi) is 3.49. The number of hydrazine groups is 1. The zero-order valence-corrected chi connectivity index (χ0v) is 9.84. The van der Waals surface area contributed by atoms with Crippen molar-refractivity contribution in [1.29, 1.82) is 0 Å². The highest BCUT2D eigenvalue weighted by Crippen LogP contribution is 2.09. The van der Waals surface area contributed by atoms with Gasteiger partial charge in [0.2, 0.25) is 0 Å². The molecular weight excluding hydrogens is 230 g/mol. The molecule has 6 heteroatoms. The van der Waals surface area contributed by atoms with Crippen LogP contribution in [0.1, 0.15) is 16.2 Å². The van der Waals surface area contributed by atoms with Gasteiger partial charge in [0.1, 0.15) is 11.5 Å². The number of carbonyl (C=O) groups is 1. The first kappa shape index (κ1) is 12.0. The van der Waals surface area contributed by atoms with Gasteiger partial charge in [-0.2, -0.15) is 0 Å². The van der Waals surface area contributed by atoms with Gasteiger partial charge < -0.3 is 10.7 Å². The SMILES string of the molecule is Cc1cccc(NC(=O)c2cc(NN)ccn2)n1. The second-order valence-corrected chi connectivity index (χ2v) is 3.69. The Morgan fingerprint density at radius 2 is 2.17 bits per heavy atom. The minimum Gasteiger partial charge on any atom is -0.324 e. The summed E-state index contributed by atoms with van der Waals surface area (Å²) < 4.78 is 0. The number of nitrogens with two attached hydrogens (primary N) is 1. The molecule has 0 bridgehead atoms. The van der Waals surface area contributed by atoms with Crippen molar-refractivity contribution in [3.8, 4) is 0 Å². The van der Waals surface area contributed by atoms with Gasteiger partial charge in [-0.25, -0.2) is 4.98 Å². The second-order valence-electron chi connectivity index (χ2n) is 3.69. The molecule has 0 unspecified atom stereocenters. The molecule has 2 aromatic heterocycles. The highest BCUT2D eigenvalue weighted by molar-refractivity contribution is 6.02. The van der Waals surface area contributed by atoms with Crippen molar-refractivity contribution in [3.05, 3.63) is 47.9 Å². The molecule has 92 valence electrons. The number of anilines is 2. The second kappa shape index (κ2) is 5.24. The summed E-state index contributed by atoms with van der Waals surface area (Å²) in [6.07, 6.45) is 1.51. The van der Waals surface area contributed by atoms with Gasteiger partial charge in [0, 0.05) is 11.9 Å². The van der Waals surface area contributed by atoms with Crippen molar-refractivity contribution < 1.29 is 4.79 Å². The van der Waals surface area contributed by atoms with Gasteiger partial charge in [0.05, 0.1) is 5.69 Å². The van der Waals surface area contributed by atoms with Gasteiger partial charge in [0.25, 0.3) is 5.91 Å². The number of nitrogens with zero attached hydrogens (tertiary/aromatic N) is 2. The first-order valence-corrected chi connectivity index (χ1v) is 5.37. The number of nitrogen functional groups attached to an aromatic ring is 1. The zero-order valence-electron chi connectivity index (χ0n) is 9.84. The molecule has 0 atom stereocenters. The lowest BCUT2D eigenvalue weighted by Gasteiger charge is -2.05. The summed E-state index contributed by atoms with van der Waals surface area (Å²) in [5.74, 6) is 5.43. The lowest BCUT2D eigenvalue weighted by molar-refractivity contribution is 0.102. The molecule has 0 aliphatic carbocycles. The Hall–Kier alpha value is -2.47. The van der Waals surface area contributed by atoms with Gasteiger partial charge >= 0.3 is 0 Å². The molecule has 2 heterocycles. The van der Waals surface area contributed by atoms with Gasteiger partial charge in [-0.15, -0.1) is 0 Å². The predicted octanol–water partition coefficient (Wildman–Crippen LogP) is 1.32. The van der Waals surface area contributed by atoms with Crippen molar-refractivity contribution >= 4 is 17.4 Å². The Bertz CT molecular complexity index is 570. The summed E-state index contributed by atoms with van der Waals surface area (Å²) >= 11 is 0. The fraction of sp³-hybridized carbons (Fsp3) is 0.0833. The maximum Gasteiger partial charge on any atom is 0.275 e. The van der Waals surface area contributed by atoms with E-state index in [-0.39, 0.29) is 11.6 Å². The molecule has 0 saturated carbocycles. The Morgan fingerprint density at radius 3 is 2.89 bits per heavy atom. The third kappa shape index (κ3) is 2.80. The van der Waals surface area contributed by atoms with E-state index in [1.54, 1.807) is 18.2 Å². The molecule has 2 rings (SSSR count). The molecule has 0 saturated heterocycles. The average molecular weight is 243 g/mol. The molecule has 0 aliphatic heterocycles. The van der Waals surface area contributed by atoms with Gasteiger partial charge in [-0.1, -0.05) is 6.07 Å². The van der Waals surface area contributed by atoms with E-state index in [1.165, 1.54) is 6.20 Å². The quantitative estimate of drug-likeness (QED) is 0.558. The van der Waals surface area contributed by atoms with Crippen LogP contribution in [0.15, 0.2) is 36.5 Å². The minimum absolute atomic E-state index is 0.272. The van der Waals surface area contributed by atoms with Crippen molar-refractivity contribution in [2.45, 2.75) is 6.92 Å². The van der Waals surface area contributed by atoms with E-state index in [4.69, 9.17) is 5.84 Å². The molecule has 0 aliphatic rings. The summed E-state index contributed by atoms with van der Waals surface area (Å²) in [7, 11) is 0. The summed E-state index contributed by atoms with van der Waals surface area (Å²) in [6.45, 7) is 1.85. The van der Waals surface area contributed by atoms with Crippen LogP contribution in [0.5, 0.6) is 0 Å². The van der Waals surface area contributed by atoms with Crippen molar-refractivity contribution in [1.82, 2.24) is 9.97 Å². The molecular formula is C12H13N5O. The van der Waals surface area contributed by atoms with Gasteiger partial charge in [-0.3, -0.25) is 15.6 Å². The first-order valence-electron chi connectivity index (χ1n) is 5.37. The van der Waals surface area contributed by atoms with E-state index >= 15 is 0 Å². The van der Waals surface area contributed by atoms with Gasteiger partial charge in [-0.05, 0) is 31.2 Å². The van der Waals surface area contributed by atoms with Crippen molar-refractivity contribution in [3.63, 3.8) is 0 Å². The lowest BCUT2D eigenvalue weighted by Crippen LogP contribution is -2.16. The Morgan fingerprint density at radius 1 is 1.33 bits per heavy atom. The minimum atomic E-state index is -0.329. The standard InChI is InChI=1S/C12H13N5O/c1-8-3-2-4-11(15-8)16-12(18)10-7-9(17-13)5-6-14-10/h2-7H,13H2,1H3,(H,14,17)(H,15,16,18). The normalized spacial score (nSPS) is 9.89. The summed E-state index contributed by atoms with van der Waals surface area (Å²) in [5.41, 5.74) is 4.18. The third-order valence-electron chi connectivity index (χ3n) is 2.29. The summed E-state index contributed by atoms with van der Waals surface area (Å²) in [4.78, 5) is 20.1. The van der Waals surface area contributed by atoms with Crippen LogP contribution in [0.25, 0.3) is 0 Å². The van der Waals surface area contributed by atoms with Crippen LogP contribution < -0.4 is 16.6 Å². The monoisotopic (exact) mass is 243 g/mol. The highest BCUT2D eigenvalue weighted by atomic mass is 16.1. The molecule has 18 heavy (non-hydrogen) atoms. The molecule has 6 nitrogen and oxygen atoms in total. The van der Waals surface area contributed by atoms with Crippen LogP contribution in [0.2, 0.25) is 0 Å². The fourth-order valence-electron chi connectivity index (χ4n) is 1.44. The number of aryl methyl sites for hydroxylation is 1. The van der Waals surface area contributed by atoms with E-state index in [0.29, 0.717) is 11.5 Å². The fourth-order valence-corrected chi connectivity index (χ4v) is 1.44. The summed E-state index contributed by atoms with van der Waals surface area (Å²) in [6, 6.07) is 8.62. The topological polar surface area (TPSA) is 92.9 Å². The van der Waals surface area contributed by atoms with Crippen LogP contribution in [0, 0.1) is 6.92 Å². The Balaban J connectivity index is 2.16. The molecule has 0 radical (unpaired) electrons. The van der Waals surface area contributed by atoms with Crippen LogP contribution >= 0.6 is 0 Å². The molecule has 4 N–H and O–H groups in total. The number of amides is 1. The number of aromatic nitrogens is 2. The number of hydrogen-bond donors (Lipinski definition) is 3. The molecule has 2 aromatic rings. The maximum absolute atomic E-state index is 11.9. The van der Waals surface area contributed by atoms with E-state index in [1.807, 2.05) is 19.1 Å². The predicted molar refractivity (Wildman–Crippen MR) is 69.0 cm³/mol. The van der Waals surface area contributed by atoms with Gasteiger partial charge in [0.15, 0.2) is 0 Å². The Labute approximate surface area is 104 Å². The number of rotatable bonds is 3.